The second-order valence-corrected chi connectivity index (χ2v) is 8.60. The Hall–Kier alpha value is -2.38. The van der Waals surface area contributed by atoms with E-state index in [2.05, 4.69) is 29.6 Å². The van der Waals surface area contributed by atoms with Crippen molar-refractivity contribution < 1.29 is 14.4 Å². The molecule has 1 fully saturated rings. The van der Waals surface area contributed by atoms with Crippen LogP contribution in [0.2, 0.25) is 0 Å². The van der Waals surface area contributed by atoms with E-state index in [9.17, 15) is 14.4 Å². The van der Waals surface area contributed by atoms with Gasteiger partial charge in [-0.2, -0.15) is 5.10 Å². The van der Waals surface area contributed by atoms with Gasteiger partial charge < -0.3 is 15.5 Å². The molecule has 1 saturated carbocycles. The highest BCUT2D eigenvalue weighted by Crippen LogP contribution is 2.26. The predicted molar refractivity (Wildman–Crippen MR) is 105 cm³/mol. The molecule has 2 heterocycles. The Labute approximate surface area is 166 Å². The SMILES string of the molecule is CC(C)CCNC(=O)[C@]1(C)Cn2nc(C(=O)NC3CCCC3)cc2C(=O)N1C. The van der Waals surface area contributed by atoms with Gasteiger partial charge in [0.2, 0.25) is 5.91 Å². The Morgan fingerprint density at radius 3 is 2.64 bits per heavy atom. The molecule has 8 nitrogen and oxygen atoms in total. The van der Waals surface area contributed by atoms with Crippen LogP contribution >= 0.6 is 0 Å². The van der Waals surface area contributed by atoms with E-state index in [1.54, 1.807) is 14.0 Å². The standard InChI is InChI=1S/C20H31N5O3/c1-13(2)9-10-21-19(28)20(3)12-25-16(18(27)24(20)4)11-15(23-25)17(26)22-14-7-5-6-8-14/h11,13-14H,5-10,12H2,1-4H3,(H,21,28)(H,22,26)/t20-/m0/s1. The summed E-state index contributed by atoms with van der Waals surface area (Å²) in [6.07, 6.45) is 5.08. The molecule has 1 aromatic heterocycles. The fraction of sp³-hybridized carbons (Fsp3) is 0.700. The number of aromatic nitrogens is 2. The molecule has 1 aliphatic heterocycles. The highest BCUT2D eigenvalue weighted by Gasteiger charge is 2.46. The van der Waals surface area contributed by atoms with Gasteiger partial charge in [0.25, 0.3) is 11.8 Å². The molecule has 0 aromatic carbocycles. The molecule has 28 heavy (non-hydrogen) atoms. The Balaban J connectivity index is 1.75. The van der Waals surface area contributed by atoms with Gasteiger partial charge in [0.1, 0.15) is 11.2 Å². The normalized spacial score (nSPS) is 22.5. The van der Waals surface area contributed by atoms with Crippen molar-refractivity contribution in [1.29, 1.82) is 0 Å². The maximum Gasteiger partial charge on any atom is 0.272 e. The minimum Gasteiger partial charge on any atom is -0.354 e. The average Bonchev–Trinajstić information content (AvgIpc) is 3.29. The van der Waals surface area contributed by atoms with E-state index in [1.165, 1.54) is 15.6 Å². The van der Waals surface area contributed by atoms with Crippen LogP contribution in [0.1, 0.15) is 73.9 Å². The summed E-state index contributed by atoms with van der Waals surface area (Å²) in [5.74, 6) is -0.285. The van der Waals surface area contributed by atoms with Crippen LogP contribution in [-0.2, 0) is 11.3 Å². The number of nitrogens with one attached hydrogen (secondary N) is 2. The average molecular weight is 390 g/mol. The van der Waals surface area contributed by atoms with Crippen molar-refractivity contribution in [1.82, 2.24) is 25.3 Å². The number of likely N-dealkylation sites (N-methyl/N-ethyl adjacent to an activating group) is 1. The van der Waals surface area contributed by atoms with Crippen LogP contribution in [0, 0.1) is 5.92 Å². The van der Waals surface area contributed by atoms with Gasteiger partial charge in [0.15, 0.2) is 5.69 Å². The van der Waals surface area contributed by atoms with Crippen molar-refractivity contribution in [2.24, 2.45) is 5.92 Å². The molecule has 1 aliphatic carbocycles. The molecule has 0 saturated heterocycles. The third-order valence-corrected chi connectivity index (χ3v) is 5.92. The molecule has 2 N–H and O–H groups in total. The van der Waals surface area contributed by atoms with Crippen molar-refractivity contribution >= 4 is 17.7 Å². The molecule has 2 aliphatic rings. The number of nitrogens with zero attached hydrogens (tertiary/aromatic N) is 3. The van der Waals surface area contributed by atoms with Gasteiger partial charge in [-0.15, -0.1) is 0 Å². The van der Waals surface area contributed by atoms with Crippen molar-refractivity contribution in [3.8, 4) is 0 Å². The monoisotopic (exact) mass is 389 g/mol. The van der Waals surface area contributed by atoms with E-state index in [-0.39, 0.29) is 36.0 Å². The van der Waals surface area contributed by atoms with Crippen LogP contribution in [0.5, 0.6) is 0 Å². The van der Waals surface area contributed by atoms with Gasteiger partial charge in [0.05, 0.1) is 6.54 Å². The largest absolute Gasteiger partial charge is 0.354 e. The predicted octanol–water partition coefficient (Wildman–Crippen LogP) is 1.56. The minimum absolute atomic E-state index is 0.182. The second-order valence-electron chi connectivity index (χ2n) is 8.60. The third-order valence-electron chi connectivity index (χ3n) is 5.92. The Morgan fingerprint density at radius 2 is 2.00 bits per heavy atom. The Kier molecular flexibility index (Phi) is 5.76. The van der Waals surface area contributed by atoms with E-state index < -0.39 is 5.54 Å². The summed E-state index contributed by atoms with van der Waals surface area (Å²) >= 11 is 0. The van der Waals surface area contributed by atoms with E-state index in [0.29, 0.717) is 18.2 Å². The lowest BCUT2D eigenvalue weighted by atomic mass is 9.95. The lowest BCUT2D eigenvalue weighted by Crippen LogP contribution is -2.62. The number of hydrogen-bond donors (Lipinski definition) is 2. The summed E-state index contributed by atoms with van der Waals surface area (Å²) < 4.78 is 1.49. The van der Waals surface area contributed by atoms with Crippen molar-refractivity contribution in [3.05, 3.63) is 17.5 Å². The zero-order valence-corrected chi connectivity index (χ0v) is 17.2. The first kappa shape index (κ1) is 20.4. The molecule has 0 spiro atoms. The lowest BCUT2D eigenvalue weighted by Gasteiger charge is -2.40. The molecule has 154 valence electrons. The van der Waals surface area contributed by atoms with E-state index in [1.807, 2.05) is 0 Å². The Morgan fingerprint density at radius 1 is 1.32 bits per heavy atom. The Bertz CT molecular complexity index is 766. The summed E-state index contributed by atoms with van der Waals surface area (Å²) in [5.41, 5.74) is -0.480. The van der Waals surface area contributed by atoms with Crippen LogP contribution in [0.4, 0.5) is 0 Å². The molecule has 0 radical (unpaired) electrons. The van der Waals surface area contributed by atoms with Gasteiger partial charge in [-0.3, -0.25) is 19.1 Å². The lowest BCUT2D eigenvalue weighted by molar-refractivity contribution is -0.132. The molecule has 3 rings (SSSR count). The molecule has 3 amide bonds. The molecule has 8 heteroatoms. The summed E-state index contributed by atoms with van der Waals surface area (Å²) in [7, 11) is 1.62. The minimum atomic E-state index is -1.05. The van der Waals surface area contributed by atoms with Gasteiger partial charge >= 0.3 is 0 Å². The molecular formula is C20H31N5O3. The quantitative estimate of drug-likeness (QED) is 0.772. The number of amides is 3. The number of carbonyl (C=O) groups is 3. The van der Waals surface area contributed by atoms with Crippen molar-refractivity contribution in [3.63, 3.8) is 0 Å². The highest BCUT2D eigenvalue weighted by atomic mass is 16.2. The van der Waals surface area contributed by atoms with Gasteiger partial charge in [-0.25, -0.2) is 0 Å². The van der Waals surface area contributed by atoms with Crippen LogP contribution in [-0.4, -0.2) is 57.6 Å². The maximum atomic E-state index is 12.9. The smallest absolute Gasteiger partial charge is 0.272 e. The summed E-state index contributed by atoms with van der Waals surface area (Å²) in [6, 6.07) is 1.71. The number of rotatable bonds is 6. The fourth-order valence-corrected chi connectivity index (χ4v) is 3.83. The molecule has 0 bridgehead atoms. The van der Waals surface area contributed by atoms with E-state index in [4.69, 9.17) is 0 Å². The number of carbonyl (C=O) groups excluding carboxylic acids is 3. The van der Waals surface area contributed by atoms with Crippen molar-refractivity contribution in [2.45, 2.75) is 71.0 Å². The van der Waals surface area contributed by atoms with Crippen LogP contribution in [0.25, 0.3) is 0 Å². The first-order valence-corrected chi connectivity index (χ1v) is 10.2. The van der Waals surface area contributed by atoms with Crippen molar-refractivity contribution in [2.75, 3.05) is 13.6 Å². The molecule has 0 unspecified atom stereocenters. The zero-order valence-electron chi connectivity index (χ0n) is 17.2. The topological polar surface area (TPSA) is 96.3 Å². The molecular weight excluding hydrogens is 358 g/mol. The van der Waals surface area contributed by atoms with E-state index in [0.717, 1.165) is 32.1 Å². The van der Waals surface area contributed by atoms with Gasteiger partial charge in [0, 0.05) is 25.7 Å². The fourth-order valence-electron chi connectivity index (χ4n) is 3.83. The first-order chi connectivity index (χ1) is 13.2. The number of hydrogen-bond acceptors (Lipinski definition) is 4. The van der Waals surface area contributed by atoms with Crippen LogP contribution in [0.15, 0.2) is 6.07 Å². The van der Waals surface area contributed by atoms with E-state index >= 15 is 0 Å². The van der Waals surface area contributed by atoms with Gasteiger partial charge in [-0.1, -0.05) is 26.7 Å². The maximum absolute atomic E-state index is 12.9. The van der Waals surface area contributed by atoms with Crippen LogP contribution < -0.4 is 10.6 Å². The molecule has 1 atom stereocenters. The van der Waals surface area contributed by atoms with Crippen LogP contribution in [0.3, 0.4) is 0 Å². The molecule has 1 aromatic rings. The van der Waals surface area contributed by atoms with Gasteiger partial charge in [-0.05, 0) is 32.1 Å². The zero-order chi connectivity index (χ0) is 20.5. The summed E-state index contributed by atoms with van der Waals surface area (Å²) in [4.78, 5) is 39.6. The highest BCUT2D eigenvalue weighted by molar-refractivity contribution is 6.01. The first-order valence-electron chi connectivity index (χ1n) is 10.2. The summed E-state index contributed by atoms with van der Waals surface area (Å²) in [5, 5.41) is 10.3. The number of fused-ring (bicyclic) bond motifs is 1. The summed E-state index contributed by atoms with van der Waals surface area (Å²) in [6.45, 7) is 6.71. The second kappa shape index (κ2) is 7.93. The third kappa shape index (κ3) is 3.91.